The number of anilines is 1. The average molecular weight is 249 g/mol. The maximum atomic E-state index is 12.4. The summed E-state index contributed by atoms with van der Waals surface area (Å²) in [4.78, 5) is 13.9. The van der Waals surface area contributed by atoms with Crippen LogP contribution in [0.3, 0.4) is 0 Å². The zero-order valence-electron chi connectivity index (χ0n) is 8.80. The molecule has 0 spiro atoms. The Morgan fingerprint density at radius 3 is 2.65 bits per heavy atom. The van der Waals surface area contributed by atoms with E-state index in [1.807, 2.05) is 5.32 Å². The van der Waals surface area contributed by atoms with E-state index in [2.05, 4.69) is 10.3 Å². The van der Waals surface area contributed by atoms with Crippen molar-refractivity contribution in [3.8, 4) is 0 Å². The van der Waals surface area contributed by atoms with Crippen LogP contribution in [0.15, 0.2) is 12.3 Å². The SMILES string of the molecule is CNc1ncc(C(F)(F)F)cc1CNC(=O)O. The second kappa shape index (κ2) is 4.89. The third kappa shape index (κ3) is 3.51. The first-order chi connectivity index (χ1) is 7.84. The van der Waals surface area contributed by atoms with Crippen LogP contribution in [0, 0.1) is 0 Å². The molecule has 0 aromatic carbocycles. The topological polar surface area (TPSA) is 74.2 Å². The van der Waals surface area contributed by atoms with Gasteiger partial charge >= 0.3 is 12.3 Å². The van der Waals surface area contributed by atoms with Crippen molar-refractivity contribution in [2.75, 3.05) is 12.4 Å². The molecule has 0 atom stereocenters. The normalized spacial score (nSPS) is 11.1. The summed E-state index contributed by atoms with van der Waals surface area (Å²) in [6.07, 6.45) is -5.13. The van der Waals surface area contributed by atoms with Crippen molar-refractivity contribution in [2.24, 2.45) is 0 Å². The fourth-order valence-electron chi connectivity index (χ4n) is 1.20. The minimum Gasteiger partial charge on any atom is -0.465 e. The molecule has 1 heterocycles. The fourth-order valence-corrected chi connectivity index (χ4v) is 1.20. The lowest BCUT2D eigenvalue weighted by molar-refractivity contribution is -0.137. The van der Waals surface area contributed by atoms with Gasteiger partial charge in [-0.1, -0.05) is 0 Å². The first-order valence-electron chi connectivity index (χ1n) is 4.55. The molecule has 5 nitrogen and oxygen atoms in total. The molecule has 1 aromatic rings. The summed E-state index contributed by atoms with van der Waals surface area (Å²) in [5, 5.41) is 13.0. The van der Waals surface area contributed by atoms with Gasteiger partial charge in [0.05, 0.1) is 5.56 Å². The van der Waals surface area contributed by atoms with Crippen LogP contribution in [0.1, 0.15) is 11.1 Å². The molecular formula is C9H10F3N3O2. The molecular weight excluding hydrogens is 239 g/mol. The van der Waals surface area contributed by atoms with Crippen LogP contribution in [0.2, 0.25) is 0 Å². The van der Waals surface area contributed by atoms with Gasteiger partial charge in [0, 0.05) is 25.4 Å². The van der Waals surface area contributed by atoms with E-state index in [1.165, 1.54) is 7.05 Å². The van der Waals surface area contributed by atoms with E-state index in [-0.39, 0.29) is 17.9 Å². The van der Waals surface area contributed by atoms with Crippen molar-refractivity contribution < 1.29 is 23.1 Å². The number of hydrogen-bond acceptors (Lipinski definition) is 3. The lowest BCUT2D eigenvalue weighted by Gasteiger charge is -2.12. The second-order valence-corrected chi connectivity index (χ2v) is 3.14. The van der Waals surface area contributed by atoms with Crippen LogP contribution in [0.4, 0.5) is 23.8 Å². The largest absolute Gasteiger partial charge is 0.465 e. The Morgan fingerprint density at radius 1 is 1.53 bits per heavy atom. The van der Waals surface area contributed by atoms with E-state index in [0.717, 1.165) is 6.07 Å². The number of carboxylic acid groups (broad SMARTS) is 1. The van der Waals surface area contributed by atoms with Crippen molar-refractivity contribution in [1.29, 1.82) is 0 Å². The third-order valence-electron chi connectivity index (χ3n) is 1.96. The standard InChI is InChI=1S/C9H10F3N3O2/c1-13-7-5(3-15-8(16)17)2-6(4-14-7)9(10,11)12/h2,4,15H,3H2,1H3,(H,13,14)(H,16,17). The van der Waals surface area contributed by atoms with E-state index < -0.39 is 17.8 Å². The van der Waals surface area contributed by atoms with E-state index in [9.17, 15) is 18.0 Å². The molecule has 0 saturated carbocycles. The van der Waals surface area contributed by atoms with E-state index in [4.69, 9.17) is 5.11 Å². The number of pyridine rings is 1. The number of hydrogen-bond donors (Lipinski definition) is 3. The van der Waals surface area contributed by atoms with Crippen molar-refractivity contribution in [2.45, 2.75) is 12.7 Å². The molecule has 0 unspecified atom stereocenters. The van der Waals surface area contributed by atoms with Crippen molar-refractivity contribution >= 4 is 11.9 Å². The number of nitrogens with zero attached hydrogens (tertiary/aromatic N) is 1. The van der Waals surface area contributed by atoms with Gasteiger partial charge in [0.1, 0.15) is 5.82 Å². The van der Waals surface area contributed by atoms with Gasteiger partial charge in [-0.2, -0.15) is 13.2 Å². The maximum Gasteiger partial charge on any atom is 0.417 e. The van der Waals surface area contributed by atoms with E-state index in [0.29, 0.717) is 6.20 Å². The third-order valence-corrected chi connectivity index (χ3v) is 1.96. The average Bonchev–Trinajstić information content (AvgIpc) is 2.24. The molecule has 0 radical (unpaired) electrons. The molecule has 0 bridgehead atoms. The lowest BCUT2D eigenvalue weighted by Crippen LogP contribution is -2.21. The van der Waals surface area contributed by atoms with Gasteiger partial charge in [0.25, 0.3) is 0 Å². The van der Waals surface area contributed by atoms with Crippen LogP contribution >= 0.6 is 0 Å². The summed E-state index contributed by atoms with van der Waals surface area (Å²) >= 11 is 0. The van der Waals surface area contributed by atoms with E-state index >= 15 is 0 Å². The Bertz CT molecular complexity index is 420. The summed E-state index contributed by atoms with van der Waals surface area (Å²) in [5.41, 5.74) is -0.789. The van der Waals surface area contributed by atoms with Gasteiger partial charge in [-0.05, 0) is 6.07 Å². The molecule has 17 heavy (non-hydrogen) atoms. The summed E-state index contributed by atoms with van der Waals surface area (Å²) < 4.78 is 37.2. The Morgan fingerprint density at radius 2 is 2.18 bits per heavy atom. The number of halogens is 3. The second-order valence-electron chi connectivity index (χ2n) is 3.14. The van der Waals surface area contributed by atoms with Crippen molar-refractivity contribution in [3.63, 3.8) is 0 Å². The van der Waals surface area contributed by atoms with Gasteiger partial charge in [0.15, 0.2) is 0 Å². The molecule has 0 aliphatic carbocycles. The number of rotatable bonds is 3. The van der Waals surface area contributed by atoms with Crippen LogP contribution in [-0.2, 0) is 12.7 Å². The summed E-state index contributed by atoms with van der Waals surface area (Å²) in [6.45, 7) is -0.248. The molecule has 1 aromatic heterocycles. The monoisotopic (exact) mass is 249 g/mol. The summed E-state index contributed by atoms with van der Waals surface area (Å²) in [7, 11) is 1.49. The fraction of sp³-hybridized carbons (Fsp3) is 0.333. The molecule has 0 fully saturated rings. The van der Waals surface area contributed by atoms with Gasteiger partial charge < -0.3 is 15.7 Å². The Hall–Kier alpha value is -1.99. The minimum absolute atomic E-state index is 0.129. The highest BCUT2D eigenvalue weighted by Gasteiger charge is 2.31. The highest BCUT2D eigenvalue weighted by Crippen LogP contribution is 2.30. The van der Waals surface area contributed by atoms with Gasteiger partial charge in [-0.25, -0.2) is 9.78 Å². The number of aromatic nitrogens is 1. The Kier molecular flexibility index (Phi) is 3.77. The number of amides is 1. The van der Waals surface area contributed by atoms with Crippen LogP contribution in [0.5, 0.6) is 0 Å². The molecule has 1 amide bonds. The Labute approximate surface area is 94.7 Å². The molecule has 3 N–H and O–H groups in total. The zero-order chi connectivity index (χ0) is 13.1. The van der Waals surface area contributed by atoms with Crippen LogP contribution in [-0.4, -0.2) is 23.2 Å². The highest BCUT2D eigenvalue weighted by molar-refractivity contribution is 5.64. The van der Waals surface area contributed by atoms with Crippen molar-refractivity contribution in [1.82, 2.24) is 10.3 Å². The zero-order valence-corrected chi connectivity index (χ0v) is 8.80. The number of carbonyl (C=O) groups is 1. The summed E-state index contributed by atoms with van der Waals surface area (Å²) in [5.74, 6) is 0.201. The molecule has 0 aliphatic rings. The van der Waals surface area contributed by atoms with E-state index in [1.54, 1.807) is 0 Å². The first kappa shape index (κ1) is 13.1. The number of nitrogens with one attached hydrogen (secondary N) is 2. The molecule has 1 rings (SSSR count). The lowest BCUT2D eigenvalue weighted by atomic mass is 10.2. The van der Waals surface area contributed by atoms with Crippen molar-refractivity contribution in [3.05, 3.63) is 23.4 Å². The first-order valence-corrected chi connectivity index (χ1v) is 4.55. The quantitative estimate of drug-likeness (QED) is 0.765. The predicted molar refractivity (Wildman–Crippen MR) is 53.7 cm³/mol. The molecule has 0 aliphatic heterocycles. The predicted octanol–water partition coefficient (Wildman–Crippen LogP) is 1.91. The van der Waals surface area contributed by atoms with Gasteiger partial charge in [-0.3, -0.25) is 0 Å². The number of alkyl halides is 3. The van der Waals surface area contributed by atoms with Crippen LogP contribution < -0.4 is 10.6 Å². The van der Waals surface area contributed by atoms with Gasteiger partial charge in [0.2, 0.25) is 0 Å². The van der Waals surface area contributed by atoms with Crippen LogP contribution in [0.25, 0.3) is 0 Å². The Balaban J connectivity index is 3.02. The summed E-state index contributed by atoms with van der Waals surface area (Å²) in [6, 6.07) is 0.856. The highest BCUT2D eigenvalue weighted by atomic mass is 19.4. The molecule has 8 heteroatoms. The minimum atomic E-state index is -4.50. The molecule has 94 valence electrons. The molecule has 0 saturated heterocycles. The smallest absolute Gasteiger partial charge is 0.417 e. The van der Waals surface area contributed by atoms with Gasteiger partial charge in [-0.15, -0.1) is 0 Å². The maximum absolute atomic E-state index is 12.4.